The van der Waals surface area contributed by atoms with Crippen molar-refractivity contribution in [2.75, 3.05) is 40.9 Å². The number of benzene rings is 3. The van der Waals surface area contributed by atoms with Crippen LogP contribution in [0.3, 0.4) is 0 Å². The molecule has 1 heterocycles. The number of likely N-dealkylation sites (tertiary alicyclic amines) is 1. The molecule has 1 fully saturated rings. The first kappa shape index (κ1) is 24.3. The smallest absolute Gasteiger partial charge is 0.295 e. The van der Waals surface area contributed by atoms with E-state index in [9.17, 15) is 14.7 Å². The predicted octanol–water partition coefficient (Wildman–Crippen LogP) is 4.23. The Labute approximate surface area is 205 Å². The Kier molecular flexibility index (Phi) is 7.07. The van der Waals surface area contributed by atoms with E-state index in [-0.39, 0.29) is 11.3 Å². The maximum atomic E-state index is 13.2. The summed E-state index contributed by atoms with van der Waals surface area (Å²) >= 11 is 0. The van der Waals surface area contributed by atoms with Crippen molar-refractivity contribution in [3.05, 3.63) is 77.4 Å². The predicted molar refractivity (Wildman–Crippen MR) is 136 cm³/mol. The van der Waals surface area contributed by atoms with Gasteiger partial charge in [0.25, 0.3) is 11.7 Å². The first-order valence-corrected chi connectivity index (χ1v) is 11.6. The van der Waals surface area contributed by atoms with E-state index in [1.807, 2.05) is 80.5 Å². The van der Waals surface area contributed by atoms with Gasteiger partial charge in [0.15, 0.2) is 0 Å². The molecular formula is C28H30N2O5. The van der Waals surface area contributed by atoms with Gasteiger partial charge in [0, 0.05) is 18.7 Å². The van der Waals surface area contributed by atoms with Crippen LogP contribution in [0.15, 0.2) is 66.2 Å². The molecule has 7 nitrogen and oxygen atoms in total. The number of fused-ring (bicyclic) bond motifs is 1. The van der Waals surface area contributed by atoms with E-state index in [1.54, 1.807) is 13.2 Å². The molecule has 0 bridgehead atoms. The van der Waals surface area contributed by atoms with Crippen molar-refractivity contribution in [3.63, 3.8) is 0 Å². The number of amides is 1. The summed E-state index contributed by atoms with van der Waals surface area (Å²) in [6.07, 6.45) is 0. The fourth-order valence-electron chi connectivity index (χ4n) is 4.33. The molecule has 0 spiro atoms. The Morgan fingerprint density at radius 3 is 2.29 bits per heavy atom. The van der Waals surface area contributed by atoms with Crippen molar-refractivity contribution in [1.82, 2.24) is 9.80 Å². The standard InChI is InChI=1S/C28H30N2O5/c1-5-35-22-11-8-18(9-12-22)25-24(27(32)28(33)30(25)15-14-29(2)3)26(31)21-7-6-20-17-23(34-4)13-10-19(20)16-21/h6-13,16-17,25,31H,5,14-15H2,1-4H3/b26-24+. The van der Waals surface area contributed by atoms with Crippen LogP contribution in [0.25, 0.3) is 16.5 Å². The average Bonchev–Trinajstić information content (AvgIpc) is 3.11. The molecule has 3 aromatic carbocycles. The van der Waals surface area contributed by atoms with Crippen molar-refractivity contribution < 1.29 is 24.2 Å². The van der Waals surface area contributed by atoms with Crippen molar-refractivity contribution >= 4 is 28.2 Å². The Balaban J connectivity index is 1.82. The highest BCUT2D eigenvalue weighted by Crippen LogP contribution is 2.40. The van der Waals surface area contributed by atoms with E-state index in [0.29, 0.717) is 31.0 Å². The van der Waals surface area contributed by atoms with Crippen LogP contribution in [0.5, 0.6) is 11.5 Å². The molecule has 1 amide bonds. The molecule has 1 aliphatic rings. The number of rotatable bonds is 8. The summed E-state index contributed by atoms with van der Waals surface area (Å²) in [7, 11) is 5.43. The molecule has 1 unspecified atom stereocenters. The number of methoxy groups -OCH3 is 1. The average molecular weight is 475 g/mol. The van der Waals surface area contributed by atoms with Gasteiger partial charge in [-0.1, -0.05) is 30.3 Å². The minimum absolute atomic E-state index is 0.0887. The lowest BCUT2D eigenvalue weighted by Gasteiger charge is -2.26. The summed E-state index contributed by atoms with van der Waals surface area (Å²) in [6.45, 7) is 3.38. The second-order valence-electron chi connectivity index (χ2n) is 8.73. The van der Waals surface area contributed by atoms with Gasteiger partial charge in [0.2, 0.25) is 0 Å². The molecule has 0 saturated carbocycles. The minimum atomic E-state index is -0.697. The van der Waals surface area contributed by atoms with Gasteiger partial charge < -0.3 is 24.4 Å². The summed E-state index contributed by atoms with van der Waals surface area (Å²) in [6, 6.07) is 17.7. The van der Waals surface area contributed by atoms with Crippen LogP contribution in [0.1, 0.15) is 24.1 Å². The van der Waals surface area contributed by atoms with Crippen molar-refractivity contribution in [2.24, 2.45) is 0 Å². The third-order valence-corrected chi connectivity index (χ3v) is 6.16. The van der Waals surface area contributed by atoms with Crippen molar-refractivity contribution in [1.29, 1.82) is 0 Å². The first-order valence-electron chi connectivity index (χ1n) is 11.6. The van der Waals surface area contributed by atoms with Gasteiger partial charge in [-0.05, 0) is 67.7 Å². The molecule has 0 aliphatic carbocycles. The molecule has 1 N–H and O–H groups in total. The fourth-order valence-corrected chi connectivity index (χ4v) is 4.33. The SMILES string of the molecule is CCOc1ccc(C2/C(=C(\O)c3ccc4cc(OC)ccc4c3)C(=O)C(=O)N2CCN(C)C)cc1. The van der Waals surface area contributed by atoms with Gasteiger partial charge in [-0.25, -0.2) is 0 Å². The van der Waals surface area contributed by atoms with Crippen LogP contribution in [-0.2, 0) is 9.59 Å². The normalized spacial score (nSPS) is 17.4. The number of likely N-dealkylation sites (N-methyl/N-ethyl adjacent to an activating group) is 1. The van der Waals surface area contributed by atoms with E-state index in [1.165, 1.54) is 4.90 Å². The number of nitrogens with zero attached hydrogens (tertiary/aromatic N) is 2. The quantitative estimate of drug-likeness (QED) is 0.299. The lowest BCUT2D eigenvalue weighted by atomic mass is 9.94. The second-order valence-corrected chi connectivity index (χ2v) is 8.73. The summed E-state index contributed by atoms with van der Waals surface area (Å²) in [4.78, 5) is 29.8. The van der Waals surface area contributed by atoms with Crippen LogP contribution in [-0.4, -0.2) is 67.5 Å². The maximum absolute atomic E-state index is 13.2. The maximum Gasteiger partial charge on any atom is 0.295 e. The number of carbonyl (C=O) groups excluding carboxylic acids is 2. The highest BCUT2D eigenvalue weighted by atomic mass is 16.5. The number of aliphatic hydroxyl groups is 1. The van der Waals surface area contributed by atoms with E-state index in [4.69, 9.17) is 9.47 Å². The van der Waals surface area contributed by atoms with Crippen molar-refractivity contribution in [3.8, 4) is 11.5 Å². The highest BCUT2D eigenvalue weighted by molar-refractivity contribution is 6.46. The molecular weight excluding hydrogens is 444 g/mol. The number of hydrogen-bond donors (Lipinski definition) is 1. The van der Waals surface area contributed by atoms with E-state index < -0.39 is 17.7 Å². The molecule has 0 radical (unpaired) electrons. The molecule has 35 heavy (non-hydrogen) atoms. The van der Waals surface area contributed by atoms with Gasteiger partial charge in [0.1, 0.15) is 17.3 Å². The third kappa shape index (κ3) is 4.86. The molecule has 1 atom stereocenters. The summed E-state index contributed by atoms with van der Waals surface area (Å²) in [5.41, 5.74) is 1.30. The van der Waals surface area contributed by atoms with Crippen LogP contribution in [0.4, 0.5) is 0 Å². The lowest BCUT2D eigenvalue weighted by molar-refractivity contribution is -0.140. The number of ketones is 1. The third-order valence-electron chi connectivity index (χ3n) is 6.16. The Hall–Kier alpha value is -3.84. The number of Topliss-reactive ketones (excluding diaryl/α,β-unsaturated/α-hetero) is 1. The summed E-state index contributed by atoms with van der Waals surface area (Å²) in [5, 5.41) is 13.2. The molecule has 182 valence electrons. The fraction of sp³-hybridized carbons (Fsp3) is 0.286. The number of ether oxygens (including phenoxy) is 2. The monoisotopic (exact) mass is 474 g/mol. The molecule has 1 aliphatic heterocycles. The molecule has 4 rings (SSSR count). The number of carbonyl (C=O) groups is 2. The second kappa shape index (κ2) is 10.2. The Morgan fingerprint density at radius 1 is 0.971 bits per heavy atom. The van der Waals surface area contributed by atoms with Gasteiger partial charge >= 0.3 is 0 Å². The first-order chi connectivity index (χ1) is 16.8. The minimum Gasteiger partial charge on any atom is -0.507 e. The van der Waals surface area contributed by atoms with Gasteiger partial charge in [-0.3, -0.25) is 9.59 Å². The topological polar surface area (TPSA) is 79.3 Å². The summed E-state index contributed by atoms with van der Waals surface area (Å²) < 4.78 is 10.8. The molecule has 7 heteroatoms. The number of aliphatic hydroxyl groups excluding tert-OH is 1. The van der Waals surface area contributed by atoms with Crippen LogP contribution in [0, 0.1) is 0 Å². The molecule has 3 aromatic rings. The largest absolute Gasteiger partial charge is 0.507 e. The van der Waals surface area contributed by atoms with Gasteiger partial charge in [-0.15, -0.1) is 0 Å². The highest BCUT2D eigenvalue weighted by Gasteiger charge is 2.45. The van der Waals surface area contributed by atoms with Crippen LogP contribution < -0.4 is 9.47 Å². The zero-order valence-corrected chi connectivity index (χ0v) is 20.4. The van der Waals surface area contributed by atoms with E-state index in [2.05, 4.69) is 0 Å². The zero-order valence-electron chi connectivity index (χ0n) is 20.4. The lowest BCUT2D eigenvalue weighted by Crippen LogP contribution is -2.35. The van der Waals surface area contributed by atoms with Gasteiger partial charge in [-0.2, -0.15) is 0 Å². The van der Waals surface area contributed by atoms with Gasteiger partial charge in [0.05, 0.1) is 25.3 Å². The van der Waals surface area contributed by atoms with E-state index in [0.717, 1.165) is 22.1 Å². The van der Waals surface area contributed by atoms with Crippen LogP contribution in [0.2, 0.25) is 0 Å². The summed E-state index contributed by atoms with van der Waals surface area (Å²) in [5.74, 6) is -0.0528. The molecule has 1 saturated heterocycles. The molecule has 0 aromatic heterocycles. The zero-order chi connectivity index (χ0) is 25.1. The Morgan fingerprint density at radius 2 is 1.63 bits per heavy atom. The Bertz CT molecular complexity index is 1280. The number of hydrogen-bond acceptors (Lipinski definition) is 6. The van der Waals surface area contributed by atoms with Crippen molar-refractivity contribution in [2.45, 2.75) is 13.0 Å². The van der Waals surface area contributed by atoms with Crippen LogP contribution >= 0.6 is 0 Å². The van der Waals surface area contributed by atoms with E-state index >= 15 is 0 Å².